The third-order valence-corrected chi connectivity index (χ3v) is 7.90. The molecule has 1 aliphatic rings. The van der Waals surface area contributed by atoms with Crippen molar-refractivity contribution in [1.82, 2.24) is 20.6 Å². The van der Waals surface area contributed by atoms with Gasteiger partial charge >= 0.3 is 12.0 Å². The molecule has 2 heterocycles. The summed E-state index contributed by atoms with van der Waals surface area (Å²) in [6.45, 7) is 7.33. The summed E-state index contributed by atoms with van der Waals surface area (Å²) < 4.78 is 37.7. The van der Waals surface area contributed by atoms with Gasteiger partial charge in [-0.2, -0.15) is 5.10 Å². The molecule has 3 aromatic carbocycles. The number of nitrogens with zero attached hydrogens (tertiary/aromatic N) is 2. The van der Waals surface area contributed by atoms with E-state index in [1.807, 2.05) is 50.2 Å². The predicted octanol–water partition coefficient (Wildman–Crippen LogP) is 5.54. The van der Waals surface area contributed by atoms with Crippen molar-refractivity contribution in [2.75, 3.05) is 20.3 Å². The lowest BCUT2D eigenvalue weighted by molar-refractivity contribution is -0.139. The fourth-order valence-electron chi connectivity index (χ4n) is 5.56. The van der Waals surface area contributed by atoms with Gasteiger partial charge in [0, 0.05) is 28.3 Å². The molecule has 50 heavy (non-hydrogen) atoms. The molecule has 3 N–H and O–H groups in total. The standard InChI is InChI=1S/C37H38FN5O7/c1-6-48-36(45)34-23(3)40-37(46)41-35(34)26-10-15-31(32(18-26)47-5)50-21-33(44)42-39-19-27-16-22(2)43(24(27)4)29-11-13-30(14-12-29)49-20-25-8-7-9-28(38)17-25/h7-19,35H,6,20-21H2,1-5H3,(H,42,44)(H2,40,41,46)/b39-19+/t35-/m0/s1. The highest BCUT2D eigenvalue weighted by Crippen LogP contribution is 2.34. The number of hydrogen-bond acceptors (Lipinski definition) is 8. The van der Waals surface area contributed by atoms with Gasteiger partial charge in [0.25, 0.3) is 5.91 Å². The number of carbonyl (C=O) groups is 3. The van der Waals surface area contributed by atoms with Crippen LogP contribution in [0.2, 0.25) is 0 Å². The number of rotatable bonds is 13. The molecule has 0 bridgehead atoms. The van der Waals surface area contributed by atoms with Crippen molar-refractivity contribution in [2.45, 2.75) is 40.3 Å². The maximum atomic E-state index is 13.5. The zero-order valence-corrected chi connectivity index (χ0v) is 28.3. The highest BCUT2D eigenvalue weighted by atomic mass is 19.1. The maximum Gasteiger partial charge on any atom is 0.338 e. The average molecular weight is 684 g/mol. The van der Waals surface area contributed by atoms with E-state index < -0.39 is 23.9 Å². The van der Waals surface area contributed by atoms with Crippen LogP contribution in [0.3, 0.4) is 0 Å². The molecule has 0 fully saturated rings. The Labute approximate surface area is 288 Å². The van der Waals surface area contributed by atoms with Crippen molar-refractivity contribution in [3.63, 3.8) is 0 Å². The Balaban J connectivity index is 1.18. The molecular formula is C37H38FN5O7. The molecule has 0 saturated carbocycles. The molecule has 12 nitrogen and oxygen atoms in total. The van der Waals surface area contributed by atoms with Crippen LogP contribution < -0.4 is 30.3 Å². The first-order chi connectivity index (χ1) is 24.1. The zero-order valence-electron chi connectivity index (χ0n) is 28.3. The van der Waals surface area contributed by atoms with Crippen LogP contribution >= 0.6 is 0 Å². The number of allylic oxidation sites excluding steroid dienone is 1. The van der Waals surface area contributed by atoms with E-state index in [1.54, 1.807) is 44.3 Å². The fourth-order valence-corrected chi connectivity index (χ4v) is 5.56. The number of hydrogen-bond donors (Lipinski definition) is 3. The van der Waals surface area contributed by atoms with Crippen molar-refractivity contribution in [3.8, 4) is 22.9 Å². The molecule has 1 aliphatic heterocycles. The van der Waals surface area contributed by atoms with Crippen LogP contribution in [0.15, 0.2) is 89.2 Å². The lowest BCUT2D eigenvalue weighted by Gasteiger charge is -2.28. The normalized spacial score (nSPS) is 14.2. The van der Waals surface area contributed by atoms with Crippen LogP contribution in [0.25, 0.3) is 5.69 Å². The monoisotopic (exact) mass is 683 g/mol. The number of esters is 1. The van der Waals surface area contributed by atoms with E-state index in [0.29, 0.717) is 22.8 Å². The average Bonchev–Trinajstić information content (AvgIpc) is 3.38. The highest BCUT2D eigenvalue weighted by molar-refractivity contribution is 5.95. The van der Waals surface area contributed by atoms with E-state index in [1.165, 1.54) is 19.2 Å². The first-order valence-corrected chi connectivity index (χ1v) is 15.8. The van der Waals surface area contributed by atoms with Gasteiger partial charge < -0.3 is 34.1 Å². The number of nitrogens with one attached hydrogen (secondary N) is 3. The summed E-state index contributed by atoms with van der Waals surface area (Å²) in [5.41, 5.74) is 8.04. The molecule has 0 unspecified atom stereocenters. The molecule has 260 valence electrons. The van der Waals surface area contributed by atoms with E-state index in [9.17, 15) is 18.8 Å². The van der Waals surface area contributed by atoms with Crippen molar-refractivity contribution in [3.05, 3.63) is 118 Å². The summed E-state index contributed by atoms with van der Waals surface area (Å²) in [7, 11) is 1.44. The van der Waals surface area contributed by atoms with Crippen LogP contribution in [0.5, 0.6) is 17.2 Å². The number of hydrazone groups is 1. The molecule has 0 aliphatic carbocycles. The van der Waals surface area contributed by atoms with Crippen LogP contribution in [0, 0.1) is 19.7 Å². The SMILES string of the molecule is CCOC(=O)C1=C(C)NC(=O)N[C@H]1c1ccc(OCC(=O)N/N=C/c2cc(C)n(-c3ccc(OCc4cccc(F)c4)cc3)c2C)c(OC)c1. The number of benzene rings is 3. The number of methoxy groups -OCH3 is 1. The summed E-state index contributed by atoms with van der Waals surface area (Å²) in [5.74, 6) is -0.118. The summed E-state index contributed by atoms with van der Waals surface area (Å²) in [6.07, 6.45) is 1.56. The topological polar surface area (TPSA) is 142 Å². The van der Waals surface area contributed by atoms with E-state index in [0.717, 1.165) is 28.2 Å². The molecule has 0 spiro atoms. The maximum absolute atomic E-state index is 13.5. The van der Waals surface area contributed by atoms with E-state index >= 15 is 0 Å². The van der Waals surface area contributed by atoms with Gasteiger partial charge in [0.1, 0.15) is 18.2 Å². The van der Waals surface area contributed by atoms with Gasteiger partial charge in [-0.1, -0.05) is 18.2 Å². The van der Waals surface area contributed by atoms with Crippen molar-refractivity contribution < 1.29 is 37.7 Å². The number of aryl methyl sites for hydroxylation is 1. The van der Waals surface area contributed by atoms with Crippen LogP contribution in [-0.4, -0.2) is 49.0 Å². The van der Waals surface area contributed by atoms with Gasteiger partial charge in [0.2, 0.25) is 0 Å². The number of ether oxygens (including phenoxy) is 4. The third kappa shape index (κ3) is 8.29. The first kappa shape index (κ1) is 35.2. The van der Waals surface area contributed by atoms with Crippen LogP contribution in [-0.2, 0) is 20.9 Å². The molecule has 3 amide bonds. The Bertz CT molecular complexity index is 1950. The molecule has 5 rings (SSSR count). The Morgan fingerprint density at radius 3 is 2.50 bits per heavy atom. The lowest BCUT2D eigenvalue weighted by atomic mass is 9.95. The minimum Gasteiger partial charge on any atom is -0.493 e. The third-order valence-electron chi connectivity index (χ3n) is 7.90. The highest BCUT2D eigenvalue weighted by Gasteiger charge is 2.32. The van der Waals surface area contributed by atoms with Gasteiger partial charge in [0.15, 0.2) is 18.1 Å². The number of urea groups is 1. The van der Waals surface area contributed by atoms with E-state index in [2.05, 4.69) is 25.7 Å². The van der Waals surface area contributed by atoms with Crippen molar-refractivity contribution in [1.29, 1.82) is 0 Å². The molecule has 1 atom stereocenters. The second-order valence-corrected chi connectivity index (χ2v) is 11.4. The minimum absolute atomic E-state index is 0.178. The Kier molecular flexibility index (Phi) is 11.2. The number of aromatic nitrogens is 1. The molecular weight excluding hydrogens is 645 g/mol. The lowest BCUT2D eigenvalue weighted by Crippen LogP contribution is -2.45. The summed E-state index contributed by atoms with van der Waals surface area (Å²) >= 11 is 0. The van der Waals surface area contributed by atoms with Crippen LogP contribution in [0.1, 0.15) is 48.0 Å². The molecule has 1 aromatic heterocycles. The summed E-state index contributed by atoms with van der Waals surface area (Å²) in [5, 5.41) is 9.45. The Morgan fingerprint density at radius 1 is 1.00 bits per heavy atom. The summed E-state index contributed by atoms with van der Waals surface area (Å²) in [6, 6.07) is 19.5. The fraction of sp³-hybridized carbons (Fsp3) is 0.243. The Hall–Kier alpha value is -6.11. The molecule has 0 radical (unpaired) electrons. The number of carbonyl (C=O) groups excluding carboxylic acids is 3. The zero-order chi connectivity index (χ0) is 35.8. The molecule has 13 heteroatoms. The quantitative estimate of drug-likeness (QED) is 0.0955. The number of amides is 3. The van der Waals surface area contributed by atoms with E-state index in [-0.39, 0.29) is 37.0 Å². The largest absolute Gasteiger partial charge is 0.493 e. The van der Waals surface area contributed by atoms with E-state index in [4.69, 9.17) is 18.9 Å². The predicted molar refractivity (Wildman–Crippen MR) is 184 cm³/mol. The van der Waals surface area contributed by atoms with Gasteiger partial charge in [-0.15, -0.1) is 0 Å². The summed E-state index contributed by atoms with van der Waals surface area (Å²) in [4.78, 5) is 37.5. The minimum atomic E-state index is -0.781. The van der Waals surface area contributed by atoms with Gasteiger partial charge in [-0.3, -0.25) is 4.79 Å². The van der Waals surface area contributed by atoms with Crippen molar-refractivity contribution >= 4 is 24.1 Å². The van der Waals surface area contributed by atoms with Gasteiger partial charge in [-0.25, -0.2) is 19.4 Å². The van der Waals surface area contributed by atoms with Gasteiger partial charge in [0.05, 0.1) is 31.5 Å². The second kappa shape index (κ2) is 15.9. The number of halogens is 1. The second-order valence-electron chi connectivity index (χ2n) is 11.4. The van der Waals surface area contributed by atoms with Crippen molar-refractivity contribution in [2.24, 2.45) is 5.10 Å². The van der Waals surface area contributed by atoms with Crippen LogP contribution in [0.4, 0.5) is 9.18 Å². The molecule has 4 aromatic rings. The Morgan fingerprint density at radius 2 is 1.78 bits per heavy atom. The van der Waals surface area contributed by atoms with Gasteiger partial charge in [-0.05, 0) is 93.4 Å². The molecule has 0 saturated heterocycles. The first-order valence-electron chi connectivity index (χ1n) is 15.8. The smallest absolute Gasteiger partial charge is 0.338 e.